The van der Waals surface area contributed by atoms with Gasteiger partial charge >= 0.3 is 5.97 Å². The maximum absolute atomic E-state index is 12.1. The van der Waals surface area contributed by atoms with Gasteiger partial charge in [0.25, 0.3) is 0 Å². The Labute approximate surface area is 111 Å². The summed E-state index contributed by atoms with van der Waals surface area (Å²) in [5.41, 5.74) is 5.68. The Morgan fingerprint density at radius 2 is 1.94 bits per heavy atom. The zero-order valence-electron chi connectivity index (χ0n) is 12.1. The molecule has 0 aromatic carbocycles. The zero-order chi connectivity index (χ0) is 13.6. The van der Waals surface area contributed by atoms with Crippen LogP contribution in [-0.2, 0) is 9.53 Å². The number of nitrogens with zero attached hydrogens (tertiary/aromatic N) is 1. The van der Waals surface area contributed by atoms with Gasteiger partial charge in [0.05, 0.1) is 12.5 Å². The van der Waals surface area contributed by atoms with Crippen LogP contribution in [-0.4, -0.2) is 42.6 Å². The van der Waals surface area contributed by atoms with E-state index in [1.807, 2.05) is 6.92 Å². The monoisotopic (exact) mass is 256 g/mol. The lowest BCUT2D eigenvalue weighted by Gasteiger charge is -2.46. The topological polar surface area (TPSA) is 55.6 Å². The molecule has 0 bridgehead atoms. The highest BCUT2D eigenvalue weighted by atomic mass is 16.5. The van der Waals surface area contributed by atoms with Crippen molar-refractivity contribution in [3.05, 3.63) is 0 Å². The van der Waals surface area contributed by atoms with E-state index >= 15 is 0 Å². The number of carbonyl (C=O) groups is 1. The summed E-state index contributed by atoms with van der Waals surface area (Å²) in [7, 11) is 0. The van der Waals surface area contributed by atoms with E-state index in [1.165, 1.54) is 19.3 Å². The van der Waals surface area contributed by atoms with Crippen molar-refractivity contribution < 1.29 is 9.53 Å². The van der Waals surface area contributed by atoms with E-state index in [9.17, 15) is 4.79 Å². The summed E-state index contributed by atoms with van der Waals surface area (Å²) in [5.74, 6) is -0.365. The minimum absolute atomic E-state index is 0.144. The van der Waals surface area contributed by atoms with Crippen molar-refractivity contribution >= 4 is 5.97 Å². The molecule has 0 aromatic heterocycles. The molecule has 4 heteroatoms. The molecule has 1 aliphatic rings. The lowest BCUT2D eigenvalue weighted by molar-refractivity contribution is -0.154. The van der Waals surface area contributed by atoms with E-state index in [1.54, 1.807) is 0 Å². The number of hydrogen-bond donors (Lipinski definition) is 1. The lowest BCUT2D eigenvalue weighted by atomic mass is 9.80. The molecule has 1 fully saturated rings. The molecule has 18 heavy (non-hydrogen) atoms. The van der Waals surface area contributed by atoms with E-state index in [0.29, 0.717) is 13.2 Å². The summed E-state index contributed by atoms with van der Waals surface area (Å²) in [5, 5.41) is 0. The predicted octanol–water partition coefficient (Wildman–Crippen LogP) is 1.78. The van der Waals surface area contributed by atoms with Crippen molar-refractivity contribution in [3.8, 4) is 0 Å². The molecule has 1 rings (SSSR count). The first kappa shape index (κ1) is 15.4. The highest BCUT2D eigenvalue weighted by Gasteiger charge is 2.42. The van der Waals surface area contributed by atoms with E-state index < -0.39 is 0 Å². The Hall–Kier alpha value is -0.610. The Balaban J connectivity index is 2.84. The van der Waals surface area contributed by atoms with Gasteiger partial charge in [-0.2, -0.15) is 0 Å². The average molecular weight is 256 g/mol. The summed E-state index contributed by atoms with van der Waals surface area (Å²) in [6.07, 6.45) is 4.65. The fourth-order valence-corrected chi connectivity index (χ4v) is 2.94. The highest BCUT2D eigenvalue weighted by molar-refractivity contribution is 5.74. The summed E-state index contributed by atoms with van der Waals surface area (Å²) in [4.78, 5) is 14.5. The molecule has 1 aliphatic heterocycles. The zero-order valence-corrected chi connectivity index (χ0v) is 12.1. The second-order valence-corrected chi connectivity index (χ2v) is 5.30. The largest absolute Gasteiger partial charge is 0.466 e. The minimum Gasteiger partial charge on any atom is -0.466 e. The summed E-state index contributed by atoms with van der Waals surface area (Å²) in [6.45, 7) is 9.06. The second kappa shape index (κ2) is 7.10. The Morgan fingerprint density at radius 1 is 1.33 bits per heavy atom. The van der Waals surface area contributed by atoms with Crippen LogP contribution in [0.25, 0.3) is 0 Å². The quantitative estimate of drug-likeness (QED) is 0.736. The minimum atomic E-state index is -0.222. The molecule has 1 saturated heterocycles. The van der Waals surface area contributed by atoms with Gasteiger partial charge in [-0.25, -0.2) is 0 Å². The van der Waals surface area contributed by atoms with Gasteiger partial charge in [-0.1, -0.05) is 13.3 Å². The maximum atomic E-state index is 12.1. The molecule has 0 spiro atoms. The highest BCUT2D eigenvalue weighted by Crippen LogP contribution is 2.31. The van der Waals surface area contributed by atoms with Gasteiger partial charge in [0, 0.05) is 12.1 Å². The van der Waals surface area contributed by atoms with Gasteiger partial charge in [-0.05, 0) is 46.2 Å². The van der Waals surface area contributed by atoms with Crippen molar-refractivity contribution in [1.29, 1.82) is 0 Å². The van der Waals surface area contributed by atoms with Crippen LogP contribution in [0, 0.1) is 5.92 Å². The number of nitrogens with two attached hydrogens (primary N) is 1. The van der Waals surface area contributed by atoms with Crippen molar-refractivity contribution in [3.63, 3.8) is 0 Å². The Morgan fingerprint density at radius 3 is 2.39 bits per heavy atom. The number of carbonyl (C=O) groups excluding carboxylic acids is 1. The molecule has 0 radical (unpaired) electrons. The van der Waals surface area contributed by atoms with Gasteiger partial charge in [0.1, 0.15) is 0 Å². The smallest absolute Gasteiger partial charge is 0.312 e. The third-order valence-corrected chi connectivity index (χ3v) is 4.35. The van der Waals surface area contributed by atoms with Crippen molar-refractivity contribution in [2.75, 3.05) is 26.2 Å². The van der Waals surface area contributed by atoms with Crippen LogP contribution in [0.5, 0.6) is 0 Å². The molecular formula is C14H28N2O2. The van der Waals surface area contributed by atoms with E-state index in [-0.39, 0.29) is 17.4 Å². The number of piperidine rings is 1. The number of esters is 1. The fraction of sp³-hybridized carbons (Fsp3) is 0.929. The second-order valence-electron chi connectivity index (χ2n) is 5.30. The summed E-state index contributed by atoms with van der Waals surface area (Å²) in [6, 6.07) is 0. The lowest BCUT2D eigenvalue weighted by Crippen LogP contribution is -2.57. The number of ether oxygens (including phenoxy) is 1. The van der Waals surface area contributed by atoms with Crippen LogP contribution < -0.4 is 5.73 Å². The van der Waals surface area contributed by atoms with Crippen LogP contribution in [0.3, 0.4) is 0 Å². The van der Waals surface area contributed by atoms with Crippen molar-refractivity contribution in [2.24, 2.45) is 11.7 Å². The van der Waals surface area contributed by atoms with E-state index in [4.69, 9.17) is 10.5 Å². The number of rotatable bonds is 6. The van der Waals surface area contributed by atoms with Crippen LogP contribution in [0.4, 0.5) is 0 Å². The van der Waals surface area contributed by atoms with Crippen LogP contribution in [0.1, 0.15) is 46.5 Å². The van der Waals surface area contributed by atoms with Crippen molar-refractivity contribution in [2.45, 2.75) is 52.0 Å². The van der Waals surface area contributed by atoms with Gasteiger partial charge in [-0.3, -0.25) is 9.69 Å². The molecule has 0 amide bonds. The molecule has 4 nitrogen and oxygen atoms in total. The summed E-state index contributed by atoms with van der Waals surface area (Å²) >= 11 is 0. The van der Waals surface area contributed by atoms with Gasteiger partial charge in [0.15, 0.2) is 0 Å². The molecule has 0 saturated carbocycles. The Bertz CT molecular complexity index is 265. The third kappa shape index (κ3) is 3.23. The molecular weight excluding hydrogens is 228 g/mol. The van der Waals surface area contributed by atoms with Crippen LogP contribution in [0.15, 0.2) is 0 Å². The fourth-order valence-electron chi connectivity index (χ4n) is 2.94. The first-order valence-electron chi connectivity index (χ1n) is 7.21. The molecule has 106 valence electrons. The van der Waals surface area contributed by atoms with Gasteiger partial charge in [0.2, 0.25) is 0 Å². The maximum Gasteiger partial charge on any atom is 0.312 e. The predicted molar refractivity (Wildman–Crippen MR) is 73.3 cm³/mol. The molecule has 2 atom stereocenters. The first-order valence-corrected chi connectivity index (χ1v) is 7.21. The average Bonchev–Trinajstić information content (AvgIpc) is 2.40. The molecule has 1 heterocycles. The van der Waals surface area contributed by atoms with E-state index in [2.05, 4.69) is 18.7 Å². The molecule has 0 aliphatic carbocycles. The first-order chi connectivity index (χ1) is 8.60. The number of likely N-dealkylation sites (tertiary alicyclic amines) is 1. The molecule has 2 N–H and O–H groups in total. The van der Waals surface area contributed by atoms with Crippen LogP contribution >= 0.6 is 0 Å². The number of hydrogen-bond acceptors (Lipinski definition) is 4. The SMILES string of the molecule is CCOC(=O)[C@H](CN)[C@](C)(CC)N1CCCCC1. The van der Waals surface area contributed by atoms with E-state index in [0.717, 1.165) is 19.5 Å². The molecule has 0 aromatic rings. The Kier molecular flexibility index (Phi) is 6.09. The van der Waals surface area contributed by atoms with Gasteiger partial charge in [-0.15, -0.1) is 0 Å². The standard InChI is InChI=1S/C14H28N2O2/c1-4-14(3,16-9-7-6-8-10-16)12(11-15)13(17)18-5-2/h12H,4-11,15H2,1-3H3/t12-,14-/m0/s1. The normalized spacial score (nSPS) is 22.2. The van der Waals surface area contributed by atoms with Crippen molar-refractivity contribution in [1.82, 2.24) is 4.90 Å². The van der Waals surface area contributed by atoms with Gasteiger partial charge < -0.3 is 10.5 Å². The molecule has 0 unspecified atom stereocenters. The summed E-state index contributed by atoms with van der Waals surface area (Å²) < 4.78 is 5.19. The van der Waals surface area contributed by atoms with Crippen LogP contribution in [0.2, 0.25) is 0 Å². The third-order valence-electron chi connectivity index (χ3n) is 4.35.